The van der Waals surface area contributed by atoms with Crippen LogP contribution in [0.25, 0.3) is 0 Å². The maximum absolute atomic E-state index is 13.4. The Bertz CT molecular complexity index is 359. The van der Waals surface area contributed by atoms with Crippen LogP contribution in [0.2, 0.25) is 0 Å². The maximum atomic E-state index is 13.4. The van der Waals surface area contributed by atoms with Gasteiger partial charge >= 0.3 is 0 Å². The number of anilines is 1. The van der Waals surface area contributed by atoms with Gasteiger partial charge in [-0.05, 0) is 17.5 Å². The molecule has 0 spiro atoms. The molecule has 0 aliphatic carbocycles. The molecule has 2 heteroatoms. The van der Waals surface area contributed by atoms with Crippen LogP contribution in [0.4, 0.5) is 10.1 Å². The minimum atomic E-state index is -0.133. The lowest BCUT2D eigenvalue weighted by Crippen LogP contribution is -2.30. The number of hydrogen-bond acceptors (Lipinski definition) is 1. The SMILES string of the molecule is CC(C)C1(C)CNc2c(F)cccc21. The molecule has 1 aliphatic rings. The number of hydrogen-bond donors (Lipinski definition) is 1. The minimum absolute atomic E-state index is 0.0669. The van der Waals surface area contributed by atoms with Gasteiger partial charge in [0.2, 0.25) is 0 Å². The molecule has 1 N–H and O–H groups in total. The normalized spacial score (nSPS) is 24.9. The second-order valence-electron chi connectivity index (χ2n) is 4.59. The average Bonchev–Trinajstić information content (AvgIpc) is 2.47. The van der Waals surface area contributed by atoms with E-state index in [1.807, 2.05) is 6.07 Å². The summed E-state index contributed by atoms with van der Waals surface area (Å²) in [7, 11) is 0. The van der Waals surface area contributed by atoms with Crippen molar-refractivity contribution in [1.29, 1.82) is 0 Å². The summed E-state index contributed by atoms with van der Waals surface area (Å²) in [5, 5.41) is 3.17. The molecule has 0 aromatic heterocycles. The molecule has 1 aromatic carbocycles. The van der Waals surface area contributed by atoms with Crippen LogP contribution < -0.4 is 5.32 Å². The summed E-state index contributed by atoms with van der Waals surface area (Å²) in [6.07, 6.45) is 0. The zero-order valence-electron chi connectivity index (χ0n) is 8.89. The van der Waals surface area contributed by atoms with Gasteiger partial charge in [-0.2, -0.15) is 0 Å². The Kier molecular flexibility index (Phi) is 2.02. The molecule has 1 nitrogen and oxygen atoms in total. The van der Waals surface area contributed by atoms with Crippen LogP contribution in [-0.2, 0) is 5.41 Å². The highest BCUT2D eigenvalue weighted by atomic mass is 19.1. The van der Waals surface area contributed by atoms with E-state index in [9.17, 15) is 4.39 Å². The molecular weight excluding hydrogens is 177 g/mol. The van der Waals surface area contributed by atoms with Gasteiger partial charge in [-0.3, -0.25) is 0 Å². The van der Waals surface area contributed by atoms with Gasteiger partial charge in [0, 0.05) is 12.0 Å². The molecule has 0 saturated heterocycles. The van der Waals surface area contributed by atoms with E-state index in [-0.39, 0.29) is 11.2 Å². The first-order chi connectivity index (χ1) is 6.55. The molecule has 1 aromatic rings. The smallest absolute Gasteiger partial charge is 0.146 e. The van der Waals surface area contributed by atoms with Gasteiger partial charge in [0.15, 0.2) is 0 Å². The zero-order chi connectivity index (χ0) is 10.3. The standard InChI is InChI=1S/C12H16FN/c1-8(2)12(3)7-14-11-9(12)5-4-6-10(11)13/h4-6,8,14H,7H2,1-3H3. The third-order valence-corrected chi connectivity index (χ3v) is 3.54. The lowest BCUT2D eigenvalue weighted by atomic mass is 9.75. The molecule has 1 aliphatic heterocycles. The largest absolute Gasteiger partial charge is 0.382 e. The summed E-state index contributed by atoms with van der Waals surface area (Å²) < 4.78 is 13.4. The second kappa shape index (κ2) is 2.97. The average molecular weight is 193 g/mol. The fraction of sp³-hybridized carbons (Fsp3) is 0.500. The Labute approximate surface area is 84.3 Å². The highest BCUT2D eigenvalue weighted by Crippen LogP contribution is 2.42. The highest BCUT2D eigenvalue weighted by Gasteiger charge is 2.38. The van der Waals surface area contributed by atoms with Gasteiger partial charge < -0.3 is 5.32 Å². The first kappa shape index (κ1) is 9.50. The predicted molar refractivity (Wildman–Crippen MR) is 57.1 cm³/mol. The summed E-state index contributed by atoms with van der Waals surface area (Å²) in [6.45, 7) is 7.39. The number of fused-ring (bicyclic) bond motifs is 1. The van der Waals surface area contributed by atoms with E-state index in [0.717, 1.165) is 12.1 Å². The molecule has 2 rings (SSSR count). The van der Waals surface area contributed by atoms with Crippen molar-refractivity contribution in [2.75, 3.05) is 11.9 Å². The van der Waals surface area contributed by atoms with Gasteiger partial charge in [0.05, 0.1) is 5.69 Å². The van der Waals surface area contributed by atoms with Crippen LogP contribution in [0.5, 0.6) is 0 Å². The lowest BCUT2D eigenvalue weighted by Gasteiger charge is -2.28. The minimum Gasteiger partial charge on any atom is -0.382 e. The van der Waals surface area contributed by atoms with E-state index in [0.29, 0.717) is 11.6 Å². The molecule has 1 atom stereocenters. The molecule has 1 heterocycles. The third kappa shape index (κ3) is 1.13. The monoisotopic (exact) mass is 193 g/mol. The summed E-state index contributed by atoms with van der Waals surface area (Å²) in [5.41, 5.74) is 1.88. The molecule has 76 valence electrons. The molecular formula is C12H16FN. The van der Waals surface area contributed by atoms with Gasteiger partial charge in [-0.1, -0.05) is 32.9 Å². The Hall–Kier alpha value is -1.05. The summed E-state index contributed by atoms with van der Waals surface area (Å²) in [6, 6.07) is 5.33. The zero-order valence-corrected chi connectivity index (χ0v) is 8.89. The topological polar surface area (TPSA) is 12.0 Å². The first-order valence-electron chi connectivity index (χ1n) is 5.08. The fourth-order valence-electron chi connectivity index (χ4n) is 2.06. The first-order valence-corrected chi connectivity index (χ1v) is 5.08. The Morgan fingerprint density at radius 2 is 2.14 bits per heavy atom. The van der Waals surface area contributed by atoms with Crippen LogP contribution >= 0.6 is 0 Å². The van der Waals surface area contributed by atoms with E-state index < -0.39 is 0 Å². The Balaban J connectivity index is 2.55. The van der Waals surface area contributed by atoms with Gasteiger partial charge in [0.25, 0.3) is 0 Å². The molecule has 0 fully saturated rings. The fourth-order valence-corrected chi connectivity index (χ4v) is 2.06. The van der Waals surface area contributed by atoms with Crippen LogP contribution in [0.3, 0.4) is 0 Å². The van der Waals surface area contributed by atoms with E-state index >= 15 is 0 Å². The van der Waals surface area contributed by atoms with E-state index in [1.54, 1.807) is 6.07 Å². The molecule has 14 heavy (non-hydrogen) atoms. The van der Waals surface area contributed by atoms with Crippen LogP contribution in [0, 0.1) is 11.7 Å². The van der Waals surface area contributed by atoms with Crippen LogP contribution in [-0.4, -0.2) is 6.54 Å². The molecule has 0 bridgehead atoms. The highest BCUT2D eigenvalue weighted by molar-refractivity contribution is 5.61. The molecule has 0 radical (unpaired) electrons. The van der Waals surface area contributed by atoms with Crippen molar-refractivity contribution in [3.8, 4) is 0 Å². The number of benzene rings is 1. The van der Waals surface area contributed by atoms with Gasteiger partial charge in [-0.25, -0.2) is 4.39 Å². The van der Waals surface area contributed by atoms with Crippen LogP contribution in [0.15, 0.2) is 18.2 Å². The number of rotatable bonds is 1. The third-order valence-electron chi connectivity index (χ3n) is 3.54. The van der Waals surface area contributed by atoms with E-state index in [1.165, 1.54) is 6.07 Å². The van der Waals surface area contributed by atoms with Crippen LogP contribution in [0.1, 0.15) is 26.3 Å². The van der Waals surface area contributed by atoms with E-state index in [2.05, 4.69) is 26.1 Å². The molecule has 1 unspecified atom stereocenters. The number of para-hydroxylation sites is 1. The summed E-state index contributed by atoms with van der Waals surface area (Å²) in [5.74, 6) is 0.380. The van der Waals surface area contributed by atoms with Crippen molar-refractivity contribution >= 4 is 5.69 Å². The number of halogens is 1. The van der Waals surface area contributed by atoms with Gasteiger partial charge in [-0.15, -0.1) is 0 Å². The summed E-state index contributed by atoms with van der Waals surface area (Å²) >= 11 is 0. The van der Waals surface area contributed by atoms with Gasteiger partial charge in [0.1, 0.15) is 5.82 Å². The van der Waals surface area contributed by atoms with E-state index in [4.69, 9.17) is 0 Å². The Morgan fingerprint density at radius 1 is 1.43 bits per heavy atom. The quantitative estimate of drug-likeness (QED) is 0.722. The van der Waals surface area contributed by atoms with Crippen molar-refractivity contribution in [3.05, 3.63) is 29.6 Å². The second-order valence-corrected chi connectivity index (χ2v) is 4.59. The van der Waals surface area contributed by atoms with Crippen molar-refractivity contribution in [2.24, 2.45) is 5.92 Å². The summed E-state index contributed by atoms with van der Waals surface area (Å²) in [4.78, 5) is 0. The number of nitrogens with one attached hydrogen (secondary N) is 1. The maximum Gasteiger partial charge on any atom is 0.146 e. The molecule has 0 saturated carbocycles. The molecule has 0 amide bonds. The van der Waals surface area contributed by atoms with Crippen molar-refractivity contribution in [2.45, 2.75) is 26.2 Å². The van der Waals surface area contributed by atoms with Crippen molar-refractivity contribution < 1.29 is 4.39 Å². The Morgan fingerprint density at radius 3 is 2.79 bits per heavy atom. The van der Waals surface area contributed by atoms with Crippen molar-refractivity contribution in [3.63, 3.8) is 0 Å². The predicted octanol–water partition coefficient (Wildman–Crippen LogP) is 3.16. The van der Waals surface area contributed by atoms with Crippen molar-refractivity contribution in [1.82, 2.24) is 0 Å². The lowest BCUT2D eigenvalue weighted by molar-refractivity contribution is 0.371.